The van der Waals surface area contributed by atoms with Gasteiger partial charge in [-0.05, 0) is 42.8 Å². The summed E-state index contributed by atoms with van der Waals surface area (Å²) >= 11 is 1.26. The highest BCUT2D eigenvalue weighted by Gasteiger charge is 2.17. The minimum absolute atomic E-state index is 0.0918. The average molecular weight is 433 g/mol. The molecule has 3 rings (SSSR count). The zero-order valence-corrected chi connectivity index (χ0v) is 18.0. The van der Waals surface area contributed by atoms with Crippen LogP contribution in [0.3, 0.4) is 0 Å². The van der Waals surface area contributed by atoms with Gasteiger partial charge in [-0.1, -0.05) is 6.07 Å². The van der Waals surface area contributed by atoms with Crippen molar-refractivity contribution in [2.45, 2.75) is 11.8 Å². The zero-order chi connectivity index (χ0) is 21.2. The number of thiazole rings is 1. The second-order valence-corrected chi connectivity index (χ2v) is 9.18. The Morgan fingerprint density at radius 1 is 1.10 bits per heavy atom. The van der Waals surface area contributed by atoms with Gasteiger partial charge in [0.15, 0.2) is 15.0 Å². The molecule has 0 saturated heterocycles. The Labute approximate surface area is 173 Å². The van der Waals surface area contributed by atoms with Crippen LogP contribution in [0.15, 0.2) is 46.7 Å². The first-order valence-electron chi connectivity index (χ1n) is 8.53. The van der Waals surface area contributed by atoms with E-state index in [1.165, 1.54) is 23.5 Å². The Bertz CT molecular complexity index is 1170. The third kappa shape index (κ3) is 4.57. The zero-order valence-electron chi connectivity index (χ0n) is 16.3. The lowest BCUT2D eigenvalue weighted by Gasteiger charge is -2.09. The van der Waals surface area contributed by atoms with Crippen molar-refractivity contribution in [2.24, 2.45) is 0 Å². The summed E-state index contributed by atoms with van der Waals surface area (Å²) in [6.07, 6.45) is 1.11. The molecule has 1 aromatic heterocycles. The molecule has 0 unspecified atom stereocenters. The SMILES string of the molecule is COc1ccc(OC)c(-c2csc(NC(=O)c3cc(S(C)(=O)=O)ccc3C)n2)c1. The van der Waals surface area contributed by atoms with Crippen LogP contribution >= 0.6 is 11.3 Å². The number of nitrogens with one attached hydrogen (secondary N) is 1. The number of methoxy groups -OCH3 is 2. The molecule has 9 heteroatoms. The van der Waals surface area contributed by atoms with Crippen molar-refractivity contribution in [3.63, 3.8) is 0 Å². The van der Waals surface area contributed by atoms with E-state index in [1.54, 1.807) is 50.8 Å². The number of aryl methyl sites for hydroxylation is 1. The number of rotatable bonds is 6. The van der Waals surface area contributed by atoms with Crippen molar-refractivity contribution >= 4 is 32.2 Å². The molecule has 152 valence electrons. The Kier molecular flexibility index (Phi) is 5.90. The van der Waals surface area contributed by atoms with Gasteiger partial charge in [-0.2, -0.15) is 0 Å². The summed E-state index contributed by atoms with van der Waals surface area (Å²) < 4.78 is 34.2. The standard InChI is InChI=1S/C20H20N2O5S2/c1-12-5-7-14(29(4,24)25)10-15(12)19(23)22-20-21-17(11-28-20)16-9-13(26-2)6-8-18(16)27-3/h5-11H,1-4H3,(H,21,22,23). The fourth-order valence-corrected chi connectivity index (χ4v) is 4.06. The number of carbonyl (C=O) groups is 1. The minimum atomic E-state index is -3.41. The minimum Gasteiger partial charge on any atom is -0.497 e. The van der Waals surface area contributed by atoms with Crippen LogP contribution in [0.25, 0.3) is 11.3 Å². The molecule has 0 aliphatic rings. The predicted octanol–water partition coefficient (Wildman–Crippen LogP) is 3.79. The summed E-state index contributed by atoms with van der Waals surface area (Å²) in [6, 6.07) is 9.84. The first-order chi connectivity index (χ1) is 13.7. The summed E-state index contributed by atoms with van der Waals surface area (Å²) in [4.78, 5) is 17.3. The number of hydrogen-bond donors (Lipinski definition) is 1. The third-order valence-corrected chi connectivity index (χ3v) is 6.16. The van der Waals surface area contributed by atoms with Crippen LogP contribution in [0.4, 0.5) is 5.13 Å². The number of nitrogens with zero attached hydrogens (tertiary/aromatic N) is 1. The Morgan fingerprint density at radius 3 is 2.52 bits per heavy atom. The van der Waals surface area contributed by atoms with Gasteiger partial charge in [-0.15, -0.1) is 11.3 Å². The van der Waals surface area contributed by atoms with Gasteiger partial charge < -0.3 is 9.47 Å². The smallest absolute Gasteiger partial charge is 0.257 e. The molecule has 0 fully saturated rings. The van der Waals surface area contributed by atoms with Crippen LogP contribution in [-0.2, 0) is 9.84 Å². The van der Waals surface area contributed by atoms with Crippen molar-refractivity contribution < 1.29 is 22.7 Å². The number of aromatic nitrogens is 1. The fourth-order valence-electron chi connectivity index (χ4n) is 2.71. The molecule has 1 amide bonds. The maximum atomic E-state index is 12.7. The molecular weight excluding hydrogens is 412 g/mol. The van der Waals surface area contributed by atoms with E-state index in [0.717, 1.165) is 11.8 Å². The van der Waals surface area contributed by atoms with Gasteiger partial charge in [-0.3, -0.25) is 10.1 Å². The molecule has 0 atom stereocenters. The number of anilines is 1. The second kappa shape index (κ2) is 8.22. The molecule has 3 aromatic rings. The predicted molar refractivity (Wildman–Crippen MR) is 113 cm³/mol. The first kappa shape index (κ1) is 20.8. The average Bonchev–Trinajstić information content (AvgIpc) is 3.15. The topological polar surface area (TPSA) is 94.6 Å². The van der Waals surface area contributed by atoms with Crippen molar-refractivity contribution in [1.29, 1.82) is 0 Å². The maximum Gasteiger partial charge on any atom is 0.257 e. The van der Waals surface area contributed by atoms with Gasteiger partial charge in [0.25, 0.3) is 5.91 Å². The Balaban J connectivity index is 1.89. The molecule has 1 N–H and O–H groups in total. The van der Waals surface area contributed by atoms with Crippen molar-refractivity contribution in [1.82, 2.24) is 4.98 Å². The molecule has 0 bridgehead atoms. The van der Waals surface area contributed by atoms with Crippen LogP contribution in [0.1, 0.15) is 15.9 Å². The summed E-state index contributed by atoms with van der Waals surface area (Å²) in [7, 11) is -0.271. The molecule has 0 aliphatic heterocycles. The highest BCUT2D eigenvalue weighted by Crippen LogP contribution is 2.35. The number of carbonyl (C=O) groups excluding carboxylic acids is 1. The van der Waals surface area contributed by atoms with Gasteiger partial charge in [0.1, 0.15) is 11.5 Å². The normalized spacial score (nSPS) is 11.2. The fraction of sp³-hybridized carbons (Fsp3) is 0.200. The van der Waals surface area contributed by atoms with E-state index in [1.807, 2.05) is 0 Å². The molecule has 2 aromatic carbocycles. The van der Waals surface area contributed by atoms with E-state index in [0.29, 0.717) is 27.9 Å². The first-order valence-corrected chi connectivity index (χ1v) is 11.3. The van der Waals surface area contributed by atoms with E-state index in [9.17, 15) is 13.2 Å². The molecule has 0 spiro atoms. The molecule has 0 radical (unpaired) electrons. The molecule has 0 saturated carbocycles. The molecule has 7 nitrogen and oxygen atoms in total. The van der Waals surface area contributed by atoms with Gasteiger partial charge >= 0.3 is 0 Å². The van der Waals surface area contributed by atoms with Crippen LogP contribution in [0, 0.1) is 6.92 Å². The lowest BCUT2D eigenvalue weighted by molar-refractivity contribution is 0.102. The number of benzene rings is 2. The van der Waals surface area contributed by atoms with Crippen LogP contribution in [-0.4, -0.2) is 39.8 Å². The van der Waals surface area contributed by atoms with E-state index >= 15 is 0 Å². The molecule has 29 heavy (non-hydrogen) atoms. The molecule has 1 heterocycles. The van der Waals surface area contributed by atoms with Gasteiger partial charge in [0.05, 0.1) is 24.8 Å². The maximum absolute atomic E-state index is 12.7. The summed E-state index contributed by atoms with van der Waals surface area (Å²) in [5, 5.41) is 4.92. The highest BCUT2D eigenvalue weighted by molar-refractivity contribution is 7.90. The number of amides is 1. The summed E-state index contributed by atoms with van der Waals surface area (Å²) in [5.74, 6) is 0.866. The van der Waals surface area contributed by atoms with Crippen LogP contribution in [0.5, 0.6) is 11.5 Å². The monoisotopic (exact) mass is 432 g/mol. The number of hydrogen-bond acceptors (Lipinski definition) is 7. The van der Waals surface area contributed by atoms with Gasteiger partial charge in [0, 0.05) is 22.8 Å². The second-order valence-electron chi connectivity index (χ2n) is 6.31. The van der Waals surface area contributed by atoms with Gasteiger partial charge in [-0.25, -0.2) is 13.4 Å². The van der Waals surface area contributed by atoms with Crippen molar-refractivity contribution in [3.05, 3.63) is 52.9 Å². The Morgan fingerprint density at radius 2 is 1.86 bits per heavy atom. The van der Waals surface area contributed by atoms with Crippen molar-refractivity contribution in [3.8, 4) is 22.8 Å². The third-order valence-electron chi connectivity index (χ3n) is 4.29. The van der Waals surface area contributed by atoms with E-state index in [-0.39, 0.29) is 10.5 Å². The van der Waals surface area contributed by atoms with E-state index < -0.39 is 15.7 Å². The van der Waals surface area contributed by atoms with Crippen LogP contribution in [0.2, 0.25) is 0 Å². The quantitative estimate of drug-likeness (QED) is 0.637. The lowest BCUT2D eigenvalue weighted by atomic mass is 10.1. The number of sulfone groups is 1. The highest BCUT2D eigenvalue weighted by atomic mass is 32.2. The lowest BCUT2D eigenvalue weighted by Crippen LogP contribution is -2.14. The largest absolute Gasteiger partial charge is 0.497 e. The van der Waals surface area contributed by atoms with Gasteiger partial charge in [0.2, 0.25) is 0 Å². The van der Waals surface area contributed by atoms with Crippen molar-refractivity contribution in [2.75, 3.05) is 25.8 Å². The summed E-state index contributed by atoms with van der Waals surface area (Å²) in [5.41, 5.74) is 2.31. The van der Waals surface area contributed by atoms with E-state index in [4.69, 9.17) is 9.47 Å². The molecular formula is C20H20N2O5S2. The summed E-state index contributed by atoms with van der Waals surface area (Å²) in [6.45, 7) is 1.75. The van der Waals surface area contributed by atoms with E-state index in [2.05, 4.69) is 10.3 Å². The van der Waals surface area contributed by atoms with Crippen LogP contribution < -0.4 is 14.8 Å². The number of ether oxygens (including phenoxy) is 2. The Hall–Kier alpha value is -2.91. The molecule has 0 aliphatic carbocycles.